The molecule has 17 heteroatoms. The number of nitrogens with one attached hydrogen (secondary N) is 1. The zero-order valence-corrected chi connectivity index (χ0v) is 26.5. The predicted octanol–water partition coefficient (Wildman–Crippen LogP) is 1.57. The smallest absolute Gasteiger partial charge is 0.457 e. The summed E-state index contributed by atoms with van der Waals surface area (Å²) in [5.41, 5.74) is 6.53. The third-order valence-electron chi connectivity index (χ3n) is 6.40. The van der Waals surface area contributed by atoms with Crippen molar-refractivity contribution in [3.05, 3.63) is 51.7 Å². The quantitative estimate of drug-likeness (QED) is 0.0915. The number of fused-ring (bicyclic) bond motifs is 1. The van der Waals surface area contributed by atoms with Gasteiger partial charge in [0, 0.05) is 22.6 Å². The summed E-state index contributed by atoms with van der Waals surface area (Å²) >= 11 is 4.08. The first kappa shape index (κ1) is 33.4. The molecule has 44 heavy (non-hydrogen) atoms. The fourth-order valence-corrected chi connectivity index (χ4v) is 7.63. The van der Waals surface area contributed by atoms with Gasteiger partial charge in [-0.25, -0.2) is 9.59 Å². The summed E-state index contributed by atoms with van der Waals surface area (Å²) < 4.78 is 15.5. The Morgan fingerprint density at radius 3 is 2.59 bits per heavy atom. The number of hydrogen-bond donors (Lipinski definition) is 3. The fourth-order valence-electron chi connectivity index (χ4n) is 4.33. The average molecular weight is 666 g/mol. The van der Waals surface area contributed by atoms with Gasteiger partial charge in [0.05, 0.1) is 12.6 Å². The van der Waals surface area contributed by atoms with Crippen molar-refractivity contribution in [2.45, 2.75) is 48.7 Å². The molecule has 3 heterocycles. The number of Topliss-reactive ketones (excluding diaryl/α,β-unsaturated/α-hetero) is 1. The first-order chi connectivity index (χ1) is 21.0. The van der Waals surface area contributed by atoms with Gasteiger partial charge in [-0.05, 0) is 26.3 Å². The lowest BCUT2D eigenvalue weighted by atomic mass is 9.95. The van der Waals surface area contributed by atoms with Crippen LogP contribution in [0.2, 0.25) is 0 Å². The van der Waals surface area contributed by atoms with Crippen LogP contribution in [-0.4, -0.2) is 98.7 Å². The Bertz CT molecular complexity index is 1460. The van der Waals surface area contributed by atoms with E-state index in [1.165, 1.54) is 58.8 Å². The topological polar surface area (TPSA) is 200 Å². The maximum absolute atomic E-state index is 13.4. The molecule has 0 spiro atoms. The number of thioether (sulfide) groups is 2. The van der Waals surface area contributed by atoms with Crippen LogP contribution in [0.25, 0.3) is 0 Å². The molecule has 1 aromatic heterocycles. The molecule has 2 unspecified atom stereocenters. The van der Waals surface area contributed by atoms with E-state index >= 15 is 0 Å². The number of hydrogen-bond acceptors (Lipinski definition) is 15. The molecule has 0 saturated carbocycles. The molecule has 1 aromatic carbocycles. The van der Waals surface area contributed by atoms with Crippen LogP contribution in [0.1, 0.15) is 40.9 Å². The standard InChI is InChI=1S/C27H31N5O9S3/c1-4-39-27(38)41-10-9-40-25(37)19-15(12-43-26-31-30-14(3)44-26)11-42-24-18(23(36)32(19)24)29-22(35)21(34)17-8-6-5-7-16(17)20(33)13(2)28/h5-8,13,18,21,24,34H,4,9-12,28H2,1-3H3,(H,29,35)/t13-,18?,21?,24-/m0/s1. The molecular formula is C27H31N5O9S3. The number of β-lactam (4-membered cyclic amide) rings is 1. The number of aromatic nitrogens is 2. The Balaban J connectivity index is 1.48. The molecule has 4 atom stereocenters. The lowest BCUT2D eigenvalue weighted by molar-refractivity contribution is -0.154. The van der Waals surface area contributed by atoms with Crippen LogP contribution in [-0.2, 0) is 28.6 Å². The normalized spacial score (nSPS) is 18.9. The monoisotopic (exact) mass is 665 g/mol. The van der Waals surface area contributed by atoms with Crippen molar-refractivity contribution in [2.24, 2.45) is 5.73 Å². The molecule has 2 aromatic rings. The average Bonchev–Trinajstić information content (AvgIpc) is 3.44. The van der Waals surface area contributed by atoms with Gasteiger partial charge in [-0.3, -0.25) is 19.3 Å². The van der Waals surface area contributed by atoms with Crippen molar-refractivity contribution in [2.75, 3.05) is 31.3 Å². The summed E-state index contributed by atoms with van der Waals surface area (Å²) in [7, 11) is 0. The van der Waals surface area contributed by atoms with Crippen molar-refractivity contribution in [1.29, 1.82) is 0 Å². The Labute approximate surface area is 265 Å². The van der Waals surface area contributed by atoms with Crippen LogP contribution < -0.4 is 11.1 Å². The Morgan fingerprint density at radius 1 is 1.18 bits per heavy atom. The fraction of sp³-hybridized carbons (Fsp3) is 0.444. The molecule has 236 valence electrons. The van der Waals surface area contributed by atoms with Crippen LogP contribution in [0.3, 0.4) is 0 Å². The highest BCUT2D eigenvalue weighted by atomic mass is 32.2. The molecule has 14 nitrogen and oxygen atoms in total. The molecule has 2 amide bonds. The van der Waals surface area contributed by atoms with Crippen molar-refractivity contribution < 1.29 is 43.3 Å². The van der Waals surface area contributed by atoms with Gasteiger partial charge in [-0.15, -0.1) is 22.0 Å². The van der Waals surface area contributed by atoms with Gasteiger partial charge in [-0.2, -0.15) is 0 Å². The van der Waals surface area contributed by atoms with Gasteiger partial charge >= 0.3 is 12.1 Å². The van der Waals surface area contributed by atoms with Crippen LogP contribution in [0.4, 0.5) is 4.79 Å². The Hall–Kier alpha value is -3.51. The minimum Gasteiger partial charge on any atom is -0.457 e. The van der Waals surface area contributed by atoms with E-state index < -0.39 is 53.3 Å². The van der Waals surface area contributed by atoms with Crippen molar-refractivity contribution in [1.82, 2.24) is 20.4 Å². The maximum atomic E-state index is 13.4. The molecule has 4 N–H and O–H groups in total. The van der Waals surface area contributed by atoms with Crippen molar-refractivity contribution in [3.63, 3.8) is 0 Å². The minimum absolute atomic E-state index is 0.0301. The van der Waals surface area contributed by atoms with Crippen molar-refractivity contribution >= 4 is 64.6 Å². The van der Waals surface area contributed by atoms with Gasteiger partial charge in [0.15, 0.2) is 16.2 Å². The zero-order chi connectivity index (χ0) is 32.0. The number of carbonyl (C=O) groups excluding carboxylic acids is 5. The third-order valence-corrected chi connectivity index (χ3v) is 9.79. The highest BCUT2D eigenvalue weighted by Crippen LogP contribution is 2.42. The summed E-state index contributed by atoms with van der Waals surface area (Å²) in [5, 5.41) is 21.6. The Morgan fingerprint density at radius 2 is 1.91 bits per heavy atom. The van der Waals surface area contributed by atoms with Gasteiger partial charge < -0.3 is 30.4 Å². The molecule has 2 aliphatic rings. The lowest BCUT2D eigenvalue weighted by Crippen LogP contribution is -2.71. The van der Waals surface area contributed by atoms with E-state index in [-0.39, 0.29) is 36.6 Å². The third kappa shape index (κ3) is 7.58. The van der Waals surface area contributed by atoms with Gasteiger partial charge in [0.25, 0.3) is 11.8 Å². The molecular weight excluding hydrogens is 635 g/mol. The SMILES string of the molecule is CCOC(=O)OCCOC(=O)C1=C(CSc2nnc(C)s2)CS[C@H]2C(NC(=O)C(O)c3ccccc3C(=O)[C@H](C)N)C(=O)N12. The second-order valence-electron chi connectivity index (χ2n) is 9.53. The van der Waals surface area contributed by atoms with E-state index in [4.69, 9.17) is 15.2 Å². The summed E-state index contributed by atoms with van der Waals surface area (Å²) in [6, 6.07) is 4.17. The summed E-state index contributed by atoms with van der Waals surface area (Å²) in [5.74, 6) is -2.05. The summed E-state index contributed by atoms with van der Waals surface area (Å²) in [4.78, 5) is 64.9. The molecule has 1 saturated heterocycles. The Kier molecular flexibility index (Phi) is 11.4. The number of nitrogens with zero attached hydrogens (tertiary/aromatic N) is 3. The van der Waals surface area contributed by atoms with E-state index in [0.717, 1.165) is 5.01 Å². The number of benzene rings is 1. The highest BCUT2D eigenvalue weighted by molar-refractivity contribution is 8.01. The number of aryl methyl sites for hydroxylation is 1. The first-order valence-electron chi connectivity index (χ1n) is 13.5. The number of ether oxygens (including phenoxy) is 3. The maximum Gasteiger partial charge on any atom is 0.508 e. The summed E-state index contributed by atoms with van der Waals surface area (Å²) in [6.45, 7) is 4.55. The number of aliphatic hydroxyl groups excluding tert-OH is 1. The van der Waals surface area contributed by atoms with E-state index in [9.17, 15) is 29.1 Å². The number of aliphatic hydroxyl groups is 1. The van der Waals surface area contributed by atoms with Crippen molar-refractivity contribution in [3.8, 4) is 0 Å². The number of esters is 1. The zero-order valence-electron chi connectivity index (χ0n) is 24.0. The van der Waals surface area contributed by atoms with Gasteiger partial charge in [0.2, 0.25) is 0 Å². The minimum atomic E-state index is -1.74. The molecule has 2 aliphatic heterocycles. The summed E-state index contributed by atoms with van der Waals surface area (Å²) in [6.07, 6.45) is -2.64. The van der Waals surface area contributed by atoms with Crippen LogP contribution >= 0.6 is 34.9 Å². The van der Waals surface area contributed by atoms with Gasteiger partial charge in [0.1, 0.15) is 35.3 Å². The van der Waals surface area contributed by atoms with Crippen LogP contribution in [0, 0.1) is 6.92 Å². The number of ketones is 1. The lowest BCUT2D eigenvalue weighted by Gasteiger charge is -2.49. The second kappa shape index (κ2) is 15.0. The van der Waals surface area contributed by atoms with E-state index in [1.807, 2.05) is 6.92 Å². The number of nitrogens with two attached hydrogens (primary N) is 1. The highest BCUT2D eigenvalue weighted by Gasteiger charge is 2.54. The molecule has 0 radical (unpaired) electrons. The second-order valence-corrected chi connectivity index (χ2v) is 13.0. The van der Waals surface area contributed by atoms with E-state index in [2.05, 4.69) is 20.3 Å². The number of amides is 2. The number of carbonyl (C=O) groups is 5. The molecule has 4 rings (SSSR count). The van der Waals surface area contributed by atoms with E-state index in [0.29, 0.717) is 21.4 Å². The molecule has 1 fully saturated rings. The van der Waals surface area contributed by atoms with Gasteiger partial charge in [-0.1, -0.05) is 47.4 Å². The van der Waals surface area contributed by atoms with Crippen LogP contribution in [0.15, 0.2) is 39.9 Å². The van der Waals surface area contributed by atoms with Crippen LogP contribution in [0.5, 0.6) is 0 Å². The largest absolute Gasteiger partial charge is 0.508 e. The molecule has 0 aliphatic carbocycles. The first-order valence-corrected chi connectivity index (χ1v) is 16.3. The number of rotatable bonds is 13. The van der Waals surface area contributed by atoms with E-state index in [1.54, 1.807) is 19.1 Å². The predicted molar refractivity (Wildman–Crippen MR) is 161 cm³/mol. The molecule has 0 bridgehead atoms.